The standard InChI is InChI=1S/C25H24N4O2S/c1-17(2)24(30)26-19-10-12-20(13-11-19)27-25(31)21-16-29(15-18-7-4-3-5-8-18)28-23(21)22-9-6-14-32-22/h3-14,16-17H,15H2,1-2H3,(H,26,30)(H,27,31). The van der Waals surface area contributed by atoms with Crippen molar-refractivity contribution in [2.24, 2.45) is 5.92 Å². The van der Waals surface area contributed by atoms with Gasteiger partial charge in [0.05, 0.1) is 17.0 Å². The van der Waals surface area contributed by atoms with Crippen LogP contribution in [-0.4, -0.2) is 21.6 Å². The summed E-state index contributed by atoms with van der Waals surface area (Å²) in [6.45, 7) is 4.26. The van der Waals surface area contributed by atoms with Gasteiger partial charge < -0.3 is 10.6 Å². The van der Waals surface area contributed by atoms with Crippen LogP contribution >= 0.6 is 11.3 Å². The zero-order valence-electron chi connectivity index (χ0n) is 17.9. The summed E-state index contributed by atoms with van der Waals surface area (Å²) in [7, 11) is 0. The van der Waals surface area contributed by atoms with Gasteiger partial charge in [-0.05, 0) is 41.3 Å². The summed E-state index contributed by atoms with van der Waals surface area (Å²) in [5, 5.41) is 12.4. The summed E-state index contributed by atoms with van der Waals surface area (Å²) in [5.41, 5.74) is 3.62. The fraction of sp³-hybridized carbons (Fsp3) is 0.160. The molecular formula is C25H24N4O2S. The number of carbonyl (C=O) groups excluding carboxylic acids is 2. The van der Waals surface area contributed by atoms with Crippen molar-refractivity contribution in [2.75, 3.05) is 10.6 Å². The largest absolute Gasteiger partial charge is 0.326 e. The molecule has 4 rings (SSSR count). The second-order valence-electron chi connectivity index (χ2n) is 7.73. The monoisotopic (exact) mass is 444 g/mol. The maximum absolute atomic E-state index is 13.1. The van der Waals surface area contributed by atoms with Crippen molar-refractivity contribution in [3.8, 4) is 10.6 Å². The van der Waals surface area contributed by atoms with Crippen LogP contribution in [0.5, 0.6) is 0 Å². The van der Waals surface area contributed by atoms with E-state index >= 15 is 0 Å². The maximum atomic E-state index is 13.1. The van der Waals surface area contributed by atoms with Gasteiger partial charge in [0.2, 0.25) is 5.91 Å². The Balaban J connectivity index is 1.54. The van der Waals surface area contributed by atoms with Crippen LogP contribution in [0.4, 0.5) is 11.4 Å². The molecule has 2 amide bonds. The van der Waals surface area contributed by atoms with E-state index in [2.05, 4.69) is 10.6 Å². The second kappa shape index (κ2) is 9.62. The Labute approximate surface area is 190 Å². The van der Waals surface area contributed by atoms with E-state index in [1.165, 1.54) is 0 Å². The molecule has 7 heteroatoms. The molecule has 0 aliphatic rings. The van der Waals surface area contributed by atoms with Crippen molar-refractivity contribution >= 4 is 34.5 Å². The van der Waals surface area contributed by atoms with Gasteiger partial charge in [0, 0.05) is 23.5 Å². The van der Waals surface area contributed by atoms with E-state index in [-0.39, 0.29) is 17.7 Å². The van der Waals surface area contributed by atoms with Gasteiger partial charge in [0.1, 0.15) is 5.69 Å². The van der Waals surface area contributed by atoms with E-state index in [1.807, 2.05) is 61.7 Å². The Morgan fingerprint density at radius 1 is 0.938 bits per heavy atom. The molecule has 0 radical (unpaired) electrons. The molecule has 162 valence electrons. The van der Waals surface area contributed by atoms with Gasteiger partial charge >= 0.3 is 0 Å². The molecule has 32 heavy (non-hydrogen) atoms. The summed E-state index contributed by atoms with van der Waals surface area (Å²) in [6.07, 6.45) is 1.79. The Morgan fingerprint density at radius 2 is 1.62 bits per heavy atom. The minimum absolute atomic E-state index is 0.0480. The van der Waals surface area contributed by atoms with Gasteiger partial charge in [-0.25, -0.2) is 0 Å². The van der Waals surface area contributed by atoms with Crippen LogP contribution < -0.4 is 10.6 Å². The van der Waals surface area contributed by atoms with Crippen molar-refractivity contribution in [1.29, 1.82) is 0 Å². The lowest BCUT2D eigenvalue weighted by molar-refractivity contribution is -0.118. The number of nitrogens with one attached hydrogen (secondary N) is 2. The first kappa shape index (κ1) is 21.5. The Morgan fingerprint density at radius 3 is 2.25 bits per heavy atom. The van der Waals surface area contributed by atoms with Crippen LogP contribution in [0, 0.1) is 5.92 Å². The number of hydrogen-bond acceptors (Lipinski definition) is 4. The molecule has 2 N–H and O–H groups in total. The number of benzene rings is 2. The number of hydrogen-bond donors (Lipinski definition) is 2. The third-order valence-electron chi connectivity index (χ3n) is 4.88. The minimum Gasteiger partial charge on any atom is -0.326 e. The van der Waals surface area contributed by atoms with Crippen molar-refractivity contribution in [2.45, 2.75) is 20.4 Å². The van der Waals surface area contributed by atoms with E-state index in [0.717, 1.165) is 10.4 Å². The van der Waals surface area contributed by atoms with E-state index in [0.29, 0.717) is 29.2 Å². The third-order valence-corrected chi connectivity index (χ3v) is 5.76. The zero-order valence-corrected chi connectivity index (χ0v) is 18.7. The quantitative estimate of drug-likeness (QED) is 0.395. The van der Waals surface area contributed by atoms with E-state index in [9.17, 15) is 9.59 Å². The topological polar surface area (TPSA) is 76.0 Å². The normalized spacial score (nSPS) is 10.8. The lowest BCUT2D eigenvalue weighted by atomic mass is 10.2. The van der Waals surface area contributed by atoms with Crippen molar-refractivity contribution in [3.63, 3.8) is 0 Å². The molecule has 2 aromatic carbocycles. The molecule has 0 atom stereocenters. The number of nitrogens with zero attached hydrogens (tertiary/aromatic N) is 2. The van der Waals surface area contributed by atoms with Gasteiger partial charge in [0.25, 0.3) is 5.91 Å². The first-order valence-corrected chi connectivity index (χ1v) is 11.2. The summed E-state index contributed by atoms with van der Waals surface area (Å²) in [5.74, 6) is -0.377. The fourth-order valence-corrected chi connectivity index (χ4v) is 3.88. The highest BCUT2D eigenvalue weighted by molar-refractivity contribution is 7.13. The molecule has 6 nitrogen and oxygen atoms in total. The summed E-state index contributed by atoms with van der Waals surface area (Å²) < 4.78 is 1.80. The molecule has 0 saturated heterocycles. The van der Waals surface area contributed by atoms with Crippen LogP contribution in [-0.2, 0) is 11.3 Å². The number of thiophene rings is 1. The summed E-state index contributed by atoms with van der Waals surface area (Å²) in [6, 6.07) is 21.0. The van der Waals surface area contributed by atoms with Crippen molar-refractivity contribution < 1.29 is 9.59 Å². The predicted octanol–water partition coefficient (Wildman–Crippen LogP) is 5.51. The van der Waals surface area contributed by atoms with Crippen LogP contribution in [0.3, 0.4) is 0 Å². The molecule has 2 aromatic heterocycles. The zero-order chi connectivity index (χ0) is 22.5. The Bertz CT molecular complexity index is 1200. The van der Waals surface area contributed by atoms with Gasteiger partial charge in [-0.1, -0.05) is 50.2 Å². The summed E-state index contributed by atoms with van der Waals surface area (Å²) >= 11 is 1.55. The van der Waals surface area contributed by atoms with Gasteiger partial charge in [0.15, 0.2) is 0 Å². The number of anilines is 2. The van der Waals surface area contributed by atoms with Gasteiger partial charge in [-0.2, -0.15) is 5.10 Å². The molecule has 0 spiro atoms. The molecule has 0 saturated carbocycles. The molecule has 2 heterocycles. The average molecular weight is 445 g/mol. The second-order valence-corrected chi connectivity index (χ2v) is 8.67. The van der Waals surface area contributed by atoms with Crippen molar-refractivity contribution in [3.05, 3.63) is 89.4 Å². The summed E-state index contributed by atoms with van der Waals surface area (Å²) in [4.78, 5) is 25.9. The Kier molecular flexibility index (Phi) is 6.47. The molecule has 0 unspecified atom stereocenters. The Hall–Kier alpha value is -3.71. The predicted molar refractivity (Wildman–Crippen MR) is 129 cm³/mol. The number of rotatable bonds is 7. The molecule has 0 aliphatic carbocycles. The molecule has 4 aromatic rings. The van der Waals surface area contributed by atoms with E-state index in [4.69, 9.17) is 5.10 Å². The number of amides is 2. The lowest BCUT2D eigenvalue weighted by Crippen LogP contribution is -2.17. The van der Waals surface area contributed by atoms with Crippen molar-refractivity contribution in [1.82, 2.24) is 9.78 Å². The minimum atomic E-state index is -0.230. The molecule has 0 fully saturated rings. The SMILES string of the molecule is CC(C)C(=O)Nc1ccc(NC(=O)c2cn(Cc3ccccc3)nc2-c2cccs2)cc1. The average Bonchev–Trinajstić information content (AvgIpc) is 3.46. The maximum Gasteiger partial charge on any atom is 0.259 e. The third kappa shape index (κ3) is 5.12. The van der Waals surface area contributed by atoms with Crippen LogP contribution in [0.25, 0.3) is 10.6 Å². The lowest BCUT2D eigenvalue weighted by Gasteiger charge is -2.09. The van der Waals surface area contributed by atoms with Crippen LogP contribution in [0.15, 0.2) is 78.3 Å². The first-order chi connectivity index (χ1) is 15.5. The van der Waals surface area contributed by atoms with E-state index < -0.39 is 0 Å². The molecule has 0 aliphatic heterocycles. The van der Waals surface area contributed by atoms with Gasteiger partial charge in [-0.15, -0.1) is 11.3 Å². The number of carbonyl (C=O) groups is 2. The van der Waals surface area contributed by atoms with Crippen LogP contribution in [0.2, 0.25) is 0 Å². The molecule has 0 bridgehead atoms. The smallest absolute Gasteiger partial charge is 0.259 e. The fourth-order valence-electron chi connectivity index (χ4n) is 3.16. The van der Waals surface area contributed by atoms with Crippen LogP contribution in [0.1, 0.15) is 29.8 Å². The highest BCUT2D eigenvalue weighted by atomic mass is 32.1. The van der Waals surface area contributed by atoms with E-state index in [1.54, 1.807) is 46.5 Å². The van der Waals surface area contributed by atoms with Gasteiger partial charge in [-0.3, -0.25) is 14.3 Å². The number of aromatic nitrogens is 2. The first-order valence-electron chi connectivity index (χ1n) is 10.4. The molecular weight excluding hydrogens is 420 g/mol. The highest BCUT2D eigenvalue weighted by Gasteiger charge is 2.19. The highest BCUT2D eigenvalue weighted by Crippen LogP contribution is 2.28.